The SMILES string of the molecule is CC.CCN(CC)CCNC(=O)c1ccc2cc(C)ccc2n1. The third-order valence-electron chi connectivity index (χ3n) is 3.69. The molecule has 0 spiro atoms. The van der Waals surface area contributed by atoms with E-state index < -0.39 is 0 Å². The molecule has 2 aromatic rings. The van der Waals surface area contributed by atoms with Crippen molar-refractivity contribution in [3.63, 3.8) is 0 Å². The van der Waals surface area contributed by atoms with Gasteiger partial charge in [-0.15, -0.1) is 0 Å². The first kappa shape index (κ1) is 19.1. The van der Waals surface area contributed by atoms with Crippen LogP contribution in [0.25, 0.3) is 10.9 Å². The fraction of sp³-hybridized carbons (Fsp3) is 0.474. The highest BCUT2D eigenvalue weighted by atomic mass is 16.1. The number of benzene rings is 1. The van der Waals surface area contributed by atoms with E-state index in [1.807, 2.05) is 39.0 Å². The standard InChI is InChI=1S/C17H23N3O.C2H6/c1-4-20(5-2)11-10-18-17(21)16-9-7-14-12-13(3)6-8-15(14)19-16;1-2/h6-9,12H,4-5,10-11H2,1-3H3,(H,18,21);1-2H3. The zero-order chi connectivity index (χ0) is 17.2. The normalized spacial score (nSPS) is 10.3. The predicted octanol–water partition coefficient (Wildman–Crippen LogP) is 3.64. The number of rotatable bonds is 6. The summed E-state index contributed by atoms with van der Waals surface area (Å²) in [5.41, 5.74) is 2.53. The molecule has 0 aliphatic carbocycles. The van der Waals surface area contributed by atoms with Gasteiger partial charge in [0.25, 0.3) is 5.91 Å². The van der Waals surface area contributed by atoms with Crippen molar-refractivity contribution >= 4 is 16.8 Å². The molecule has 0 saturated heterocycles. The molecule has 1 aromatic heterocycles. The first-order chi connectivity index (χ1) is 11.1. The third-order valence-corrected chi connectivity index (χ3v) is 3.69. The van der Waals surface area contributed by atoms with Crippen LogP contribution in [0.5, 0.6) is 0 Å². The molecule has 0 bridgehead atoms. The largest absolute Gasteiger partial charge is 0.349 e. The number of nitrogens with one attached hydrogen (secondary N) is 1. The van der Waals surface area contributed by atoms with Crippen LogP contribution in [-0.4, -0.2) is 42.0 Å². The summed E-state index contributed by atoms with van der Waals surface area (Å²) in [6.45, 7) is 13.8. The van der Waals surface area contributed by atoms with Gasteiger partial charge in [-0.2, -0.15) is 0 Å². The van der Waals surface area contributed by atoms with E-state index in [1.54, 1.807) is 6.07 Å². The summed E-state index contributed by atoms with van der Waals surface area (Å²) in [5.74, 6) is -0.107. The Kier molecular flexibility index (Phi) is 8.27. The Hall–Kier alpha value is -1.94. The number of carbonyl (C=O) groups is 1. The van der Waals surface area contributed by atoms with Crippen LogP contribution in [0.15, 0.2) is 30.3 Å². The van der Waals surface area contributed by atoms with Gasteiger partial charge in [-0.1, -0.05) is 45.4 Å². The highest BCUT2D eigenvalue weighted by Gasteiger charge is 2.08. The summed E-state index contributed by atoms with van der Waals surface area (Å²) >= 11 is 0. The number of hydrogen-bond acceptors (Lipinski definition) is 3. The number of carbonyl (C=O) groups excluding carboxylic acids is 1. The smallest absolute Gasteiger partial charge is 0.269 e. The second-order valence-corrected chi connectivity index (χ2v) is 5.18. The summed E-state index contributed by atoms with van der Waals surface area (Å²) in [6, 6.07) is 9.78. The molecular formula is C19H29N3O. The minimum absolute atomic E-state index is 0.107. The van der Waals surface area contributed by atoms with E-state index in [0.29, 0.717) is 12.2 Å². The van der Waals surface area contributed by atoms with E-state index >= 15 is 0 Å². The summed E-state index contributed by atoms with van der Waals surface area (Å²) in [6.07, 6.45) is 0. The third kappa shape index (κ3) is 5.64. The number of fused-ring (bicyclic) bond motifs is 1. The number of hydrogen-bond donors (Lipinski definition) is 1. The van der Waals surface area contributed by atoms with Crippen LogP contribution in [-0.2, 0) is 0 Å². The van der Waals surface area contributed by atoms with Crippen molar-refractivity contribution in [2.24, 2.45) is 0 Å². The van der Waals surface area contributed by atoms with Crippen LogP contribution >= 0.6 is 0 Å². The number of aromatic nitrogens is 1. The first-order valence-electron chi connectivity index (χ1n) is 8.52. The number of pyridine rings is 1. The summed E-state index contributed by atoms with van der Waals surface area (Å²) in [5, 5.41) is 4.00. The first-order valence-corrected chi connectivity index (χ1v) is 8.52. The van der Waals surface area contributed by atoms with Gasteiger partial charge in [-0.3, -0.25) is 4.79 Å². The molecule has 0 fully saturated rings. The molecule has 2 rings (SSSR count). The summed E-state index contributed by atoms with van der Waals surface area (Å²) < 4.78 is 0. The Bertz CT molecular complexity index is 621. The molecule has 0 unspecified atom stereocenters. The van der Waals surface area contributed by atoms with Crippen molar-refractivity contribution in [2.45, 2.75) is 34.6 Å². The maximum Gasteiger partial charge on any atom is 0.269 e. The maximum atomic E-state index is 12.1. The molecule has 0 aliphatic rings. The van der Waals surface area contributed by atoms with Gasteiger partial charge in [-0.05, 0) is 38.2 Å². The van der Waals surface area contributed by atoms with Gasteiger partial charge in [0.2, 0.25) is 0 Å². The predicted molar refractivity (Wildman–Crippen MR) is 97.9 cm³/mol. The molecule has 0 saturated carbocycles. The lowest BCUT2D eigenvalue weighted by Crippen LogP contribution is -2.35. The minimum Gasteiger partial charge on any atom is -0.349 e. The molecule has 0 radical (unpaired) electrons. The number of amides is 1. The summed E-state index contributed by atoms with van der Waals surface area (Å²) in [4.78, 5) is 18.8. The lowest BCUT2D eigenvalue weighted by Gasteiger charge is -2.17. The molecule has 0 aliphatic heterocycles. The fourth-order valence-electron chi connectivity index (χ4n) is 2.33. The Labute approximate surface area is 139 Å². The van der Waals surface area contributed by atoms with Gasteiger partial charge < -0.3 is 10.2 Å². The van der Waals surface area contributed by atoms with Crippen molar-refractivity contribution in [2.75, 3.05) is 26.2 Å². The van der Waals surface area contributed by atoms with Gasteiger partial charge >= 0.3 is 0 Å². The minimum atomic E-state index is -0.107. The lowest BCUT2D eigenvalue weighted by atomic mass is 10.1. The molecule has 126 valence electrons. The molecule has 23 heavy (non-hydrogen) atoms. The van der Waals surface area contributed by atoms with Gasteiger partial charge in [-0.25, -0.2) is 4.98 Å². The molecule has 4 heteroatoms. The van der Waals surface area contributed by atoms with Crippen molar-refractivity contribution in [3.8, 4) is 0 Å². The van der Waals surface area contributed by atoms with Gasteiger partial charge in [0.1, 0.15) is 5.69 Å². The molecule has 4 nitrogen and oxygen atoms in total. The molecular weight excluding hydrogens is 286 g/mol. The topological polar surface area (TPSA) is 45.2 Å². The van der Waals surface area contributed by atoms with E-state index in [0.717, 1.165) is 30.5 Å². The molecule has 1 amide bonds. The van der Waals surface area contributed by atoms with E-state index in [9.17, 15) is 4.79 Å². The zero-order valence-corrected chi connectivity index (χ0v) is 15.0. The monoisotopic (exact) mass is 315 g/mol. The van der Waals surface area contributed by atoms with Crippen LogP contribution in [0.1, 0.15) is 43.7 Å². The fourth-order valence-corrected chi connectivity index (χ4v) is 2.33. The van der Waals surface area contributed by atoms with Crippen LogP contribution in [0.3, 0.4) is 0 Å². The Morgan fingerprint density at radius 2 is 1.83 bits per heavy atom. The van der Waals surface area contributed by atoms with Gasteiger partial charge in [0, 0.05) is 18.5 Å². The average Bonchev–Trinajstić information content (AvgIpc) is 2.59. The Morgan fingerprint density at radius 3 is 2.48 bits per heavy atom. The second kappa shape index (κ2) is 9.95. The maximum absolute atomic E-state index is 12.1. The van der Waals surface area contributed by atoms with Crippen LogP contribution in [0.2, 0.25) is 0 Å². The number of aryl methyl sites for hydroxylation is 1. The molecule has 0 atom stereocenters. The average molecular weight is 315 g/mol. The van der Waals surface area contributed by atoms with Gasteiger partial charge in [0.05, 0.1) is 5.52 Å². The Balaban J connectivity index is 0.00000127. The van der Waals surface area contributed by atoms with Crippen molar-refractivity contribution in [1.29, 1.82) is 0 Å². The van der Waals surface area contributed by atoms with E-state index in [2.05, 4.69) is 35.1 Å². The van der Waals surface area contributed by atoms with E-state index in [4.69, 9.17) is 0 Å². The number of nitrogens with zero attached hydrogens (tertiary/aromatic N) is 2. The number of likely N-dealkylation sites (N-methyl/N-ethyl adjacent to an activating group) is 1. The van der Waals surface area contributed by atoms with Crippen LogP contribution in [0, 0.1) is 6.92 Å². The zero-order valence-electron chi connectivity index (χ0n) is 15.0. The molecule has 1 heterocycles. The Morgan fingerprint density at radius 1 is 1.13 bits per heavy atom. The highest BCUT2D eigenvalue weighted by Crippen LogP contribution is 2.14. The van der Waals surface area contributed by atoms with Crippen molar-refractivity contribution in [1.82, 2.24) is 15.2 Å². The van der Waals surface area contributed by atoms with Crippen molar-refractivity contribution in [3.05, 3.63) is 41.6 Å². The van der Waals surface area contributed by atoms with Crippen molar-refractivity contribution < 1.29 is 4.79 Å². The quantitative estimate of drug-likeness (QED) is 0.885. The summed E-state index contributed by atoms with van der Waals surface area (Å²) in [7, 11) is 0. The lowest BCUT2D eigenvalue weighted by molar-refractivity contribution is 0.0944. The van der Waals surface area contributed by atoms with Crippen LogP contribution in [0.4, 0.5) is 0 Å². The second-order valence-electron chi connectivity index (χ2n) is 5.18. The van der Waals surface area contributed by atoms with E-state index in [1.165, 1.54) is 5.56 Å². The molecule has 1 N–H and O–H groups in total. The van der Waals surface area contributed by atoms with Gasteiger partial charge in [0.15, 0.2) is 0 Å². The molecule has 1 aromatic carbocycles. The van der Waals surface area contributed by atoms with Crippen LogP contribution < -0.4 is 5.32 Å². The highest BCUT2D eigenvalue weighted by molar-refractivity contribution is 5.94. The van der Waals surface area contributed by atoms with E-state index in [-0.39, 0.29) is 5.91 Å².